The molecule has 1 rings (SSSR count). The fourth-order valence-electron chi connectivity index (χ4n) is 2.98. The topological polar surface area (TPSA) is 46.2 Å². The smallest absolute Gasteiger partial charge is 0.157 e. The van der Waals surface area contributed by atoms with Gasteiger partial charge in [0.15, 0.2) is 9.84 Å². The second-order valence-electron chi connectivity index (χ2n) is 5.49. The van der Waals surface area contributed by atoms with Crippen LogP contribution >= 0.6 is 0 Å². The lowest BCUT2D eigenvalue weighted by Gasteiger charge is -2.31. The summed E-state index contributed by atoms with van der Waals surface area (Å²) in [7, 11) is -1.13. The predicted octanol–water partition coefficient (Wildman–Crippen LogP) is 2.37. The summed E-state index contributed by atoms with van der Waals surface area (Å²) in [4.78, 5) is 0. The molecule has 0 aliphatic heterocycles. The number of rotatable bonds is 5. The Morgan fingerprint density at radius 1 is 1.35 bits per heavy atom. The molecule has 3 nitrogen and oxygen atoms in total. The highest BCUT2D eigenvalue weighted by atomic mass is 32.2. The summed E-state index contributed by atoms with van der Waals surface area (Å²) < 4.78 is 25.1. The molecule has 1 fully saturated rings. The molecule has 0 radical (unpaired) electrons. The largest absolute Gasteiger partial charge is 0.316 e. The first-order valence-corrected chi connectivity index (χ1v) is 8.44. The van der Waals surface area contributed by atoms with Gasteiger partial charge in [0.1, 0.15) is 0 Å². The van der Waals surface area contributed by atoms with Gasteiger partial charge in [-0.1, -0.05) is 26.7 Å². The molecule has 0 spiro atoms. The molecule has 0 aromatic rings. The first-order chi connectivity index (χ1) is 7.93. The molecule has 4 atom stereocenters. The molecule has 102 valence electrons. The summed E-state index contributed by atoms with van der Waals surface area (Å²) in [5, 5.41) is 2.75. The molecule has 1 aliphatic carbocycles. The van der Waals surface area contributed by atoms with Gasteiger partial charge in [-0.3, -0.25) is 0 Å². The van der Waals surface area contributed by atoms with Crippen molar-refractivity contribution in [3.63, 3.8) is 0 Å². The maximum atomic E-state index is 12.6. The van der Waals surface area contributed by atoms with Crippen molar-refractivity contribution in [2.75, 3.05) is 7.05 Å². The van der Waals surface area contributed by atoms with Crippen molar-refractivity contribution in [2.45, 2.75) is 69.4 Å². The van der Waals surface area contributed by atoms with Gasteiger partial charge in [-0.05, 0) is 39.2 Å². The first-order valence-electron chi connectivity index (χ1n) is 6.83. The molecule has 0 aromatic heterocycles. The van der Waals surface area contributed by atoms with E-state index in [1.54, 1.807) is 0 Å². The molecule has 0 heterocycles. The van der Waals surface area contributed by atoms with E-state index >= 15 is 0 Å². The highest BCUT2D eigenvalue weighted by Gasteiger charge is 2.36. The van der Waals surface area contributed by atoms with E-state index in [4.69, 9.17) is 0 Å². The third-order valence-corrected chi connectivity index (χ3v) is 6.97. The lowest BCUT2D eigenvalue weighted by atomic mass is 9.90. The van der Waals surface area contributed by atoms with Crippen molar-refractivity contribution in [2.24, 2.45) is 5.92 Å². The molecule has 0 saturated heterocycles. The lowest BCUT2D eigenvalue weighted by molar-refractivity contribution is 0.377. The van der Waals surface area contributed by atoms with Crippen molar-refractivity contribution < 1.29 is 8.42 Å². The summed E-state index contributed by atoms with van der Waals surface area (Å²) in [5.74, 6) is 0.561. The predicted molar refractivity (Wildman–Crippen MR) is 72.9 cm³/mol. The number of nitrogens with one attached hydrogen (secondary N) is 1. The maximum absolute atomic E-state index is 12.6. The minimum atomic E-state index is -2.98. The first kappa shape index (κ1) is 15.0. The van der Waals surface area contributed by atoms with Gasteiger partial charge >= 0.3 is 0 Å². The fourth-order valence-corrected chi connectivity index (χ4v) is 5.47. The Bertz CT molecular complexity index is 314. The molecule has 1 N–H and O–H groups in total. The number of sulfone groups is 1. The minimum absolute atomic E-state index is 0.0808. The number of hydrogen-bond donors (Lipinski definition) is 1. The zero-order valence-corrected chi connectivity index (χ0v) is 12.4. The Morgan fingerprint density at radius 3 is 2.47 bits per heavy atom. The Labute approximate surface area is 106 Å². The highest BCUT2D eigenvalue weighted by molar-refractivity contribution is 7.92. The van der Waals surface area contributed by atoms with Crippen LogP contribution in [0.15, 0.2) is 0 Å². The van der Waals surface area contributed by atoms with Crippen molar-refractivity contribution in [1.82, 2.24) is 5.32 Å². The van der Waals surface area contributed by atoms with E-state index in [1.807, 2.05) is 20.9 Å². The van der Waals surface area contributed by atoms with Gasteiger partial charge in [0.05, 0.1) is 10.5 Å². The minimum Gasteiger partial charge on any atom is -0.316 e. The van der Waals surface area contributed by atoms with E-state index in [-0.39, 0.29) is 16.5 Å². The summed E-state index contributed by atoms with van der Waals surface area (Å²) in [5.41, 5.74) is 0. The van der Waals surface area contributed by atoms with E-state index in [0.717, 1.165) is 25.7 Å². The Balaban J connectivity index is 2.79. The van der Waals surface area contributed by atoms with E-state index in [0.29, 0.717) is 5.92 Å². The van der Waals surface area contributed by atoms with Crippen LogP contribution in [0.5, 0.6) is 0 Å². The van der Waals surface area contributed by atoms with E-state index < -0.39 is 9.84 Å². The van der Waals surface area contributed by atoms with Crippen molar-refractivity contribution in [1.29, 1.82) is 0 Å². The third-order valence-electron chi connectivity index (χ3n) is 4.25. The molecular formula is C13H27NO2S. The van der Waals surface area contributed by atoms with Crippen LogP contribution in [0, 0.1) is 5.92 Å². The summed E-state index contributed by atoms with van der Waals surface area (Å²) in [6, 6.07) is 0.0808. The standard InChI is InChI=1S/C13H27NO2S/c1-5-13(14-4)11(3)17(15,16)12-8-6-7-10(2)9-12/h10-14H,5-9H2,1-4H3. The second-order valence-corrected chi connectivity index (χ2v) is 8.08. The summed E-state index contributed by atoms with van der Waals surface area (Å²) in [6.07, 6.45) is 4.82. The van der Waals surface area contributed by atoms with Gasteiger partial charge in [0.25, 0.3) is 0 Å². The Morgan fingerprint density at radius 2 is 2.00 bits per heavy atom. The third kappa shape index (κ3) is 3.44. The van der Waals surface area contributed by atoms with Gasteiger partial charge < -0.3 is 5.32 Å². The van der Waals surface area contributed by atoms with E-state index in [9.17, 15) is 8.42 Å². The Kier molecular flexibility index (Phi) is 5.45. The second kappa shape index (κ2) is 6.19. The summed E-state index contributed by atoms with van der Waals surface area (Å²) >= 11 is 0. The van der Waals surface area contributed by atoms with Gasteiger partial charge in [-0.2, -0.15) is 0 Å². The Hall–Kier alpha value is -0.0900. The van der Waals surface area contributed by atoms with Crippen LogP contribution in [0.25, 0.3) is 0 Å². The van der Waals surface area contributed by atoms with Crippen LogP contribution in [0.2, 0.25) is 0 Å². The van der Waals surface area contributed by atoms with Crippen molar-refractivity contribution in [3.05, 3.63) is 0 Å². The monoisotopic (exact) mass is 261 g/mol. The molecule has 4 heteroatoms. The van der Waals surface area contributed by atoms with Gasteiger partial charge in [-0.15, -0.1) is 0 Å². The zero-order chi connectivity index (χ0) is 13.1. The normalized spacial score (nSPS) is 29.9. The van der Waals surface area contributed by atoms with E-state index in [2.05, 4.69) is 12.2 Å². The van der Waals surface area contributed by atoms with Crippen LogP contribution in [-0.4, -0.2) is 32.0 Å². The lowest BCUT2D eigenvalue weighted by Crippen LogP contribution is -2.45. The average molecular weight is 261 g/mol. The molecule has 1 saturated carbocycles. The van der Waals surface area contributed by atoms with Gasteiger partial charge in [-0.25, -0.2) is 8.42 Å². The molecule has 0 aromatic carbocycles. The van der Waals surface area contributed by atoms with Crippen molar-refractivity contribution in [3.8, 4) is 0 Å². The SMILES string of the molecule is CCC(NC)C(C)S(=O)(=O)C1CCCC(C)C1. The van der Waals surface area contributed by atoms with Crippen LogP contribution in [0.3, 0.4) is 0 Å². The van der Waals surface area contributed by atoms with Crippen LogP contribution < -0.4 is 5.32 Å². The molecular weight excluding hydrogens is 234 g/mol. The molecule has 4 unspecified atom stereocenters. The summed E-state index contributed by atoms with van der Waals surface area (Å²) in [6.45, 7) is 6.07. The average Bonchev–Trinajstić information content (AvgIpc) is 2.30. The van der Waals surface area contributed by atoms with Crippen LogP contribution in [0.4, 0.5) is 0 Å². The number of hydrogen-bond acceptors (Lipinski definition) is 3. The zero-order valence-electron chi connectivity index (χ0n) is 11.6. The molecule has 17 heavy (non-hydrogen) atoms. The fraction of sp³-hybridized carbons (Fsp3) is 1.00. The van der Waals surface area contributed by atoms with Gasteiger partial charge in [0.2, 0.25) is 0 Å². The highest BCUT2D eigenvalue weighted by Crippen LogP contribution is 2.31. The van der Waals surface area contributed by atoms with E-state index in [1.165, 1.54) is 6.42 Å². The van der Waals surface area contributed by atoms with Crippen LogP contribution in [-0.2, 0) is 9.84 Å². The quantitative estimate of drug-likeness (QED) is 0.826. The molecule has 0 amide bonds. The molecule has 0 bridgehead atoms. The molecule has 1 aliphatic rings. The van der Waals surface area contributed by atoms with Crippen molar-refractivity contribution >= 4 is 9.84 Å². The van der Waals surface area contributed by atoms with Gasteiger partial charge in [0, 0.05) is 6.04 Å². The maximum Gasteiger partial charge on any atom is 0.157 e. The van der Waals surface area contributed by atoms with Crippen LogP contribution in [0.1, 0.15) is 52.9 Å².